The van der Waals surface area contributed by atoms with Gasteiger partial charge in [-0.3, -0.25) is 14.9 Å². The Labute approximate surface area is 134 Å². The number of pyridine rings is 1. The Morgan fingerprint density at radius 2 is 2.04 bits per heavy atom. The maximum atomic E-state index is 14.6. The lowest BCUT2D eigenvalue weighted by Crippen LogP contribution is -2.22. The Morgan fingerprint density at radius 1 is 1.38 bits per heavy atom. The number of nitro groups is 1. The first kappa shape index (κ1) is 17.5. The fraction of sp³-hybridized carbons (Fsp3) is 0.333. The average Bonchev–Trinajstić information content (AvgIpc) is 2.52. The topological polar surface area (TPSA) is 91.4 Å². The van der Waals surface area contributed by atoms with Crippen molar-refractivity contribution >= 4 is 16.9 Å². The first-order chi connectivity index (χ1) is 11.3. The molecule has 0 unspecified atom stereocenters. The van der Waals surface area contributed by atoms with Gasteiger partial charge in [0.2, 0.25) is 12.0 Å². The van der Waals surface area contributed by atoms with Crippen molar-refractivity contribution in [2.75, 3.05) is 6.61 Å². The van der Waals surface area contributed by atoms with Crippen molar-refractivity contribution in [3.05, 3.63) is 55.4 Å². The Hall–Kier alpha value is -2.84. The van der Waals surface area contributed by atoms with Crippen LogP contribution < -0.4 is 5.43 Å². The number of carbonyl (C=O) groups excluding carboxylic acids is 1. The second-order valence-corrected chi connectivity index (χ2v) is 4.92. The minimum absolute atomic E-state index is 0.0347. The van der Waals surface area contributed by atoms with E-state index in [0.29, 0.717) is 6.07 Å². The number of nitrogens with zero attached hydrogens (tertiary/aromatic N) is 2. The van der Waals surface area contributed by atoms with Gasteiger partial charge in [-0.1, -0.05) is 0 Å². The third-order valence-electron chi connectivity index (χ3n) is 3.47. The Morgan fingerprint density at radius 3 is 2.58 bits per heavy atom. The summed E-state index contributed by atoms with van der Waals surface area (Å²) >= 11 is 0. The number of fused-ring (bicyclic) bond motifs is 1. The van der Waals surface area contributed by atoms with Gasteiger partial charge in [-0.15, -0.1) is 0 Å². The van der Waals surface area contributed by atoms with Crippen LogP contribution in [0.15, 0.2) is 17.1 Å². The van der Waals surface area contributed by atoms with Gasteiger partial charge >= 0.3 is 5.97 Å². The first-order valence-electron chi connectivity index (χ1n) is 7.14. The molecule has 0 aliphatic rings. The van der Waals surface area contributed by atoms with Crippen molar-refractivity contribution in [2.24, 2.45) is 0 Å². The maximum Gasteiger partial charge on any atom is 0.343 e. The highest BCUT2D eigenvalue weighted by molar-refractivity contribution is 5.94. The molecular weight excluding hydrogens is 326 g/mol. The second-order valence-electron chi connectivity index (χ2n) is 4.92. The molecule has 0 saturated heterocycles. The molecule has 2 rings (SSSR count). The molecule has 0 spiro atoms. The van der Waals surface area contributed by atoms with Gasteiger partial charge in [-0.2, -0.15) is 0 Å². The van der Waals surface area contributed by atoms with E-state index >= 15 is 0 Å². The van der Waals surface area contributed by atoms with Crippen LogP contribution in [0.4, 0.5) is 8.78 Å². The van der Waals surface area contributed by atoms with Crippen LogP contribution in [0.1, 0.15) is 29.8 Å². The van der Waals surface area contributed by atoms with Crippen LogP contribution in [0.5, 0.6) is 0 Å². The van der Waals surface area contributed by atoms with Gasteiger partial charge in [-0.25, -0.2) is 13.6 Å². The van der Waals surface area contributed by atoms with Gasteiger partial charge in [0.05, 0.1) is 23.1 Å². The molecule has 24 heavy (non-hydrogen) atoms. The lowest BCUT2D eigenvalue weighted by molar-refractivity contribution is -0.497. The zero-order chi connectivity index (χ0) is 18.0. The number of aryl methyl sites for hydroxylation is 1. The number of halogens is 2. The van der Waals surface area contributed by atoms with Crippen LogP contribution in [-0.4, -0.2) is 22.1 Å². The highest BCUT2D eigenvalue weighted by Gasteiger charge is 2.24. The van der Waals surface area contributed by atoms with E-state index in [-0.39, 0.29) is 29.6 Å². The second kappa shape index (κ2) is 6.73. The zero-order valence-corrected chi connectivity index (χ0v) is 13.0. The molecule has 0 fully saturated rings. The van der Waals surface area contributed by atoms with Crippen molar-refractivity contribution in [3.8, 4) is 0 Å². The van der Waals surface area contributed by atoms with Crippen LogP contribution in [0.2, 0.25) is 0 Å². The summed E-state index contributed by atoms with van der Waals surface area (Å²) in [5.41, 5.74) is -2.27. The normalized spacial score (nSPS) is 10.8. The molecule has 0 bridgehead atoms. The van der Waals surface area contributed by atoms with Gasteiger partial charge in [0.15, 0.2) is 5.82 Å². The SMILES string of the molecule is CCOC(=O)c1cn(CC)c2c(F)c(C[N+](=O)[O-])c(F)cc2c1=O. The van der Waals surface area contributed by atoms with Crippen molar-refractivity contribution in [1.82, 2.24) is 4.57 Å². The highest BCUT2D eigenvalue weighted by atomic mass is 19.1. The lowest BCUT2D eigenvalue weighted by atomic mass is 10.1. The Bertz CT molecular complexity index is 892. The Kier molecular flexibility index (Phi) is 4.91. The van der Waals surface area contributed by atoms with E-state index in [1.807, 2.05) is 0 Å². The van der Waals surface area contributed by atoms with Gasteiger partial charge in [-0.05, 0) is 19.9 Å². The van der Waals surface area contributed by atoms with Crippen LogP contribution in [0.3, 0.4) is 0 Å². The molecule has 0 aliphatic heterocycles. The molecule has 0 N–H and O–H groups in total. The summed E-state index contributed by atoms with van der Waals surface area (Å²) in [5, 5.41) is 10.2. The number of ether oxygens (including phenoxy) is 1. The minimum Gasteiger partial charge on any atom is -0.462 e. The fourth-order valence-electron chi connectivity index (χ4n) is 2.40. The number of aromatic nitrogens is 1. The molecule has 7 nitrogen and oxygen atoms in total. The molecule has 0 aliphatic carbocycles. The molecule has 1 heterocycles. The van der Waals surface area contributed by atoms with Crippen LogP contribution in [0, 0.1) is 21.7 Å². The van der Waals surface area contributed by atoms with E-state index in [1.54, 1.807) is 13.8 Å². The fourth-order valence-corrected chi connectivity index (χ4v) is 2.40. The van der Waals surface area contributed by atoms with E-state index in [2.05, 4.69) is 0 Å². The van der Waals surface area contributed by atoms with Gasteiger partial charge in [0, 0.05) is 17.7 Å². The standard InChI is InChI=1S/C15H14F2N2O5/c1-3-18-6-10(15(21)24-4-2)14(20)8-5-11(16)9(7-19(22)23)12(17)13(8)18/h5-6H,3-4,7H2,1-2H3. The molecule has 1 aromatic heterocycles. The molecule has 128 valence electrons. The summed E-state index contributed by atoms with van der Waals surface area (Å²) in [7, 11) is 0. The number of benzene rings is 1. The third kappa shape index (κ3) is 2.97. The number of rotatable bonds is 5. The first-order valence-corrected chi connectivity index (χ1v) is 7.14. The number of hydrogen-bond donors (Lipinski definition) is 0. The smallest absolute Gasteiger partial charge is 0.343 e. The van der Waals surface area contributed by atoms with Crippen LogP contribution in [0.25, 0.3) is 10.9 Å². The van der Waals surface area contributed by atoms with E-state index in [4.69, 9.17) is 4.74 Å². The zero-order valence-electron chi connectivity index (χ0n) is 13.0. The summed E-state index contributed by atoms with van der Waals surface area (Å²) < 4.78 is 34.6. The highest BCUT2D eigenvalue weighted by Crippen LogP contribution is 2.24. The predicted octanol–water partition coefficient (Wildman–Crippen LogP) is 2.25. The average molecular weight is 340 g/mol. The van der Waals surface area contributed by atoms with E-state index in [9.17, 15) is 28.5 Å². The number of carbonyl (C=O) groups is 1. The Balaban J connectivity index is 2.86. The van der Waals surface area contributed by atoms with Crippen molar-refractivity contribution in [2.45, 2.75) is 26.9 Å². The van der Waals surface area contributed by atoms with Gasteiger partial charge < -0.3 is 9.30 Å². The third-order valence-corrected chi connectivity index (χ3v) is 3.47. The molecule has 0 atom stereocenters. The predicted molar refractivity (Wildman–Crippen MR) is 80.5 cm³/mol. The van der Waals surface area contributed by atoms with E-state index in [0.717, 1.165) is 6.20 Å². The summed E-state index contributed by atoms with van der Waals surface area (Å²) in [6.07, 6.45) is 1.11. The largest absolute Gasteiger partial charge is 0.462 e. The van der Waals surface area contributed by atoms with E-state index in [1.165, 1.54) is 4.57 Å². The molecule has 0 radical (unpaired) electrons. The number of esters is 1. The van der Waals surface area contributed by atoms with Crippen molar-refractivity contribution < 1.29 is 23.2 Å². The molecule has 1 aromatic carbocycles. The van der Waals surface area contributed by atoms with Crippen LogP contribution in [-0.2, 0) is 17.8 Å². The maximum absolute atomic E-state index is 14.6. The monoisotopic (exact) mass is 340 g/mol. The molecule has 9 heteroatoms. The minimum atomic E-state index is -1.21. The van der Waals surface area contributed by atoms with E-state index < -0.39 is 40.1 Å². The summed E-state index contributed by atoms with van der Waals surface area (Å²) in [4.78, 5) is 33.9. The summed E-state index contributed by atoms with van der Waals surface area (Å²) in [6.45, 7) is 2.32. The molecular formula is C15H14F2N2O5. The quantitative estimate of drug-likeness (QED) is 0.473. The van der Waals surface area contributed by atoms with Crippen LogP contribution >= 0.6 is 0 Å². The summed E-state index contributed by atoms with van der Waals surface area (Å²) in [5.74, 6) is -3.30. The lowest BCUT2D eigenvalue weighted by Gasteiger charge is -2.13. The molecule has 0 saturated carbocycles. The summed E-state index contributed by atoms with van der Waals surface area (Å²) in [6, 6.07) is 0.717. The van der Waals surface area contributed by atoms with Gasteiger partial charge in [0.1, 0.15) is 11.4 Å². The number of hydrogen-bond acceptors (Lipinski definition) is 5. The molecule has 0 amide bonds. The van der Waals surface area contributed by atoms with Gasteiger partial charge in [0.25, 0.3) is 0 Å². The molecule has 2 aromatic rings. The van der Waals surface area contributed by atoms with Crippen molar-refractivity contribution in [1.29, 1.82) is 0 Å². The van der Waals surface area contributed by atoms with Crippen molar-refractivity contribution in [3.63, 3.8) is 0 Å².